The Kier molecular flexibility index (Phi) is 1.29. The second-order valence-corrected chi connectivity index (χ2v) is 3.93. The molecule has 0 saturated heterocycles. The summed E-state index contributed by atoms with van der Waals surface area (Å²) in [7, 11) is 0. The Bertz CT molecular complexity index is 140. The van der Waals surface area contributed by atoms with Gasteiger partial charge in [-0.2, -0.15) is 0 Å². The predicted octanol–water partition coefficient (Wildman–Crippen LogP) is 0.496. The fourth-order valence-electron chi connectivity index (χ4n) is 2.41. The molecule has 0 aromatic heterocycles. The Labute approximate surface area is 61.4 Å². The van der Waals surface area contributed by atoms with Crippen LogP contribution in [0.5, 0.6) is 0 Å². The average molecular weight is 141 g/mol. The van der Waals surface area contributed by atoms with E-state index in [1.807, 2.05) is 0 Å². The summed E-state index contributed by atoms with van der Waals surface area (Å²) in [6, 6.07) is 0. The van der Waals surface area contributed by atoms with Crippen molar-refractivity contribution in [2.24, 2.45) is 17.1 Å². The van der Waals surface area contributed by atoms with E-state index in [2.05, 4.69) is 0 Å². The van der Waals surface area contributed by atoms with Crippen LogP contribution in [0.3, 0.4) is 0 Å². The van der Waals surface area contributed by atoms with Gasteiger partial charge in [0.15, 0.2) is 0 Å². The highest BCUT2D eigenvalue weighted by Crippen LogP contribution is 2.58. The van der Waals surface area contributed by atoms with Gasteiger partial charge in [0.05, 0.1) is 6.10 Å². The first-order chi connectivity index (χ1) is 4.77. The zero-order valence-electron chi connectivity index (χ0n) is 6.21. The largest absolute Gasteiger partial charge is 0.393 e. The highest BCUT2D eigenvalue weighted by atomic mass is 16.3. The quantitative estimate of drug-likeness (QED) is 0.558. The zero-order chi connectivity index (χ0) is 7.19. The van der Waals surface area contributed by atoms with Crippen LogP contribution in [-0.4, -0.2) is 17.8 Å². The minimum absolute atomic E-state index is 0.00954. The molecule has 0 bridgehead atoms. The molecule has 2 rings (SSSR count). The average Bonchev–Trinajstić information content (AvgIpc) is 1.83. The van der Waals surface area contributed by atoms with E-state index >= 15 is 0 Å². The highest BCUT2D eigenvalue weighted by Gasteiger charge is 2.53. The Morgan fingerprint density at radius 3 is 2.50 bits per heavy atom. The molecule has 2 aliphatic carbocycles. The Morgan fingerprint density at radius 2 is 2.20 bits per heavy atom. The van der Waals surface area contributed by atoms with E-state index < -0.39 is 0 Å². The second kappa shape index (κ2) is 1.95. The number of rotatable bonds is 1. The Hall–Kier alpha value is -0.0800. The van der Waals surface area contributed by atoms with Gasteiger partial charge in [-0.15, -0.1) is 0 Å². The summed E-state index contributed by atoms with van der Waals surface area (Å²) >= 11 is 0. The summed E-state index contributed by atoms with van der Waals surface area (Å²) in [6.07, 6.45) is 4.65. The molecule has 2 heteroatoms. The minimum Gasteiger partial charge on any atom is -0.393 e. The van der Waals surface area contributed by atoms with Crippen molar-refractivity contribution in [2.75, 3.05) is 6.54 Å². The minimum atomic E-state index is 0.00954. The molecule has 3 N–H and O–H groups in total. The van der Waals surface area contributed by atoms with Gasteiger partial charge in [-0.3, -0.25) is 0 Å². The van der Waals surface area contributed by atoms with Crippen LogP contribution in [0.25, 0.3) is 0 Å². The van der Waals surface area contributed by atoms with E-state index in [-0.39, 0.29) is 6.10 Å². The smallest absolute Gasteiger partial charge is 0.0596 e. The lowest BCUT2D eigenvalue weighted by Crippen LogP contribution is -2.55. The van der Waals surface area contributed by atoms with Gasteiger partial charge in [-0.25, -0.2) is 0 Å². The first kappa shape index (κ1) is 6.62. The van der Waals surface area contributed by atoms with E-state index in [9.17, 15) is 5.11 Å². The molecule has 1 unspecified atom stereocenters. The fraction of sp³-hybridized carbons (Fsp3) is 1.00. The van der Waals surface area contributed by atoms with E-state index in [1.165, 1.54) is 19.3 Å². The van der Waals surface area contributed by atoms with Gasteiger partial charge in [0.1, 0.15) is 0 Å². The number of aliphatic hydroxyl groups excluding tert-OH is 1. The van der Waals surface area contributed by atoms with Crippen LogP contribution in [0.4, 0.5) is 0 Å². The van der Waals surface area contributed by atoms with Crippen molar-refractivity contribution >= 4 is 0 Å². The van der Waals surface area contributed by atoms with Gasteiger partial charge in [0.25, 0.3) is 0 Å². The maximum absolute atomic E-state index is 9.39. The summed E-state index contributed by atoms with van der Waals surface area (Å²) in [6.45, 7) is 0.814. The Balaban J connectivity index is 1.88. The lowest BCUT2D eigenvalue weighted by Gasteiger charge is -2.57. The fourth-order valence-corrected chi connectivity index (χ4v) is 2.41. The molecule has 2 fully saturated rings. The molecule has 58 valence electrons. The number of nitrogens with two attached hydrogens (primary N) is 1. The van der Waals surface area contributed by atoms with Crippen molar-refractivity contribution < 1.29 is 5.11 Å². The van der Waals surface area contributed by atoms with Crippen LogP contribution in [0.2, 0.25) is 0 Å². The number of aliphatic hydroxyl groups is 1. The molecular formula is C8H15NO. The molecule has 0 aromatic rings. The summed E-state index contributed by atoms with van der Waals surface area (Å²) < 4.78 is 0. The maximum Gasteiger partial charge on any atom is 0.0596 e. The molecule has 1 atom stereocenters. The van der Waals surface area contributed by atoms with E-state index in [4.69, 9.17) is 5.73 Å². The lowest BCUT2D eigenvalue weighted by atomic mass is 9.50. The molecular weight excluding hydrogens is 126 g/mol. The van der Waals surface area contributed by atoms with Crippen molar-refractivity contribution in [1.29, 1.82) is 0 Å². The molecule has 2 saturated carbocycles. The molecule has 10 heavy (non-hydrogen) atoms. The zero-order valence-corrected chi connectivity index (χ0v) is 6.21. The van der Waals surface area contributed by atoms with Crippen molar-refractivity contribution in [3.63, 3.8) is 0 Å². The molecule has 0 amide bonds. The Morgan fingerprint density at radius 1 is 1.50 bits per heavy atom. The van der Waals surface area contributed by atoms with Gasteiger partial charge in [-0.05, 0) is 43.6 Å². The molecule has 0 radical (unpaired) electrons. The molecule has 2 aliphatic rings. The van der Waals surface area contributed by atoms with Gasteiger partial charge in [-0.1, -0.05) is 0 Å². The topological polar surface area (TPSA) is 46.2 Å². The standard InChI is InChI=1S/C8H15NO/c9-5-6-3-8(4-6)2-1-7(8)10/h6-7,10H,1-5,9H2. The molecule has 0 aliphatic heterocycles. The van der Waals surface area contributed by atoms with Crippen LogP contribution in [0.1, 0.15) is 25.7 Å². The van der Waals surface area contributed by atoms with Crippen molar-refractivity contribution in [3.05, 3.63) is 0 Å². The third-order valence-corrected chi connectivity index (χ3v) is 3.35. The van der Waals surface area contributed by atoms with Gasteiger partial charge >= 0.3 is 0 Å². The second-order valence-electron chi connectivity index (χ2n) is 3.93. The lowest BCUT2D eigenvalue weighted by molar-refractivity contribution is -0.141. The van der Waals surface area contributed by atoms with Crippen LogP contribution in [0, 0.1) is 11.3 Å². The maximum atomic E-state index is 9.39. The number of hydrogen-bond donors (Lipinski definition) is 2. The summed E-state index contributed by atoms with van der Waals surface area (Å²) in [5.41, 5.74) is 5.85. The predicted molar refractivity (Wildman–Crippen MR) is 39.5 cm³/mol. The summed E-state index contributed by atoms with van der Waals surface area (Å²) in [5.74, 6) is 0.718. The molecule has 0 heterocycles. The first-order valence-corrected chi connectivity index (χ1v) is 4.15. The van der Waals surface area contributed by atoms with Crippen LogP contribution < -0.4 is 5.73 Å². The monoisotopic (exact) mass is 141 g/mol. The normalized spacial score (nSPS) is 52.2. The van der Waals surface area contributed by atoms with Gasteiger partial charge in [0, 0.05) is 0 Å². The van der Waals surface area contributed by atoms with E-state index in [1.54, 1.807) is 0 Å². The third kappa shape index (κ3) is 0.663. The summed E-state index contributed by atoms with van der Waals surface area (Å²) in [5, 5.41) is 9.39. The SMILES string of the molecule is NCC1CC2(CCC2O)C1. The van der Waals surface area contributed by atoms with E-state index in [0.29, 0.717) is 5.41 Å². The third-order valence-electron chi connectivity index (χ3n) is 3.35. The molecule has 1 spiro atoms. The van der Waals surface area contributed by atoms with Crippen LogP contribution >= 0.6 is 0 Å². The first-order valence-electron chi connectivity index (χ1n) is 4.15. The van der Waals surface area contributed by atoms with E-state index in [0.717, 1.165) is 18.9 Å². The number of hydrogen-bond acceptors (Lipinski definition) is 2. The van der Waals surface area contributed by atoms with Crippen molar-refractivity contribution in [1.82, 2.24) is 0 Å². The molecule has 0 aromatic carbocycles. The highest BCUT2D eigenvalue weighted by molar-refractivity contribution is 5.04. The van der Waals surface area contributed by atoms with Crippen molar-refractivity contribution in [3.8, 4) is 0 Å². The van der Waals surface area contributed by atoms with Crippen LogP contribution in [0.15, 0.2) is 0 Å². The van der Waals surface area contributed by atoms with Crippen LogP contribution in [-0.2, 0) is 0 Å². The summed E-state index contributed by atoms with van der Waals surface area (Å²) in [4.78, 5) is 0. The molecule has 2 nitrogen and oxygen atoms in total. The van der Waals surface area contributed by atoms with Gasteiger partial charge in [0.2, 0.25) is 0 Å². The van der Waals surface area contributed by atoms with Crippen molar-refractivity contribution in [2.45, 2.75) is 31.8 Å². The van der Waals surface area contributed by atoms with Gasteiger partial charge < -0.3 is 10.8 Å².